The van der Waals surface area contributed by atoms with Gasteiger partial charge < -0.3 is 29.2 Å². The molecule has 1 aromatic rings. The molecule has 2 saturated heterocycles. The number of guanidine groups is 1. The van der Waals surface area contributed by atoms with Gasteiger partial charge in [0.05, 0.1) is 25.9 Å². The molecule has 164 valence electrons. The van der Waals surface area contributed by atoms with Crippen LogP contribution in [0, 0.1) is 0 Å². The van der Waals surface area contributed by atoms with Crippen LogP contribution in [0.3, 0.4) is 0 Å². The Labute approximate surface area is 191 Å². The van der Waals surface area contributed by atoms with Gasteiger partial charge in [-0.15, -0.1) is 24.0 Å². The largest absolute Gasteiger partial charge is 0.491 e. The number of nitrogens with zero attached hydrogens (tertiary/aromatic N) is 2. The molecule has 0 saturated carbocycles. The zero-order valence-electron chi connectivity index (χ0n) is 17.5. The second-order valence-electron chi connectivity index (χ2n) is 7.06. The number of halogens is 1. The maximum atomic E-state index is 5.96. The molecule has 2 unspecified atom stereocenters. The summed E-state index contributed by atoms with van der Waals surface area (Å²) in [4.78, 5) is 7.14. The summed E-state index contributed by atoms with van der Waals surface area (Å²) in [6.07, 6.45) is 2.56. The minimum absolute atomic E-state index is 0. The van der Waals surface area contributed by atoms with E-state index in [2.05, 4.69) is 29.3 Å². The molecule has 1 aromatic carbocycles. The van der Waals surface area contributed by atoms with Crippen molar-refractivity contribution in [3.63, 3.8) is 0 Å². The standard InChI is InChI=1S/C21H33N3O4.HI/c1-3-22-21(24-10-12-28-20(16-24)19-5-4-11-27-19)23-15-17-6-8-18(9-7-17)26-14-13-25-2;/h6-9,19-20H,3-5,10-16H2,1-2H3,(H,22,23);1H. The highest BCUT2D eigenvalue weighted by atomic mass is 127. The molecule has 8 heteroatoms. The van der Waals surface area contributed by atoms with Crippen LogP contribution in [-0.2, 0) is 20.8 Å². The van der Waals surface area contributed by atoms with Crippen molar-refractivity contribution >= 4 is 29.9 Å². The Bertz CT molecular complexity index is 608. The van der Waals surface area contributed by atoms with Crippen LogP contribution in [-0.4, -0.2) is 76.2 Å². The molecule has 2 aliphatic heterocycles. The van der Waals surface area contributed by atoms with Crippen molar-refractivity contribution in [2.24, 2.45) is 4.99 Å². The summed E-state index contributed by atoms with van der Waals surface area (Å²) in [7, 11) is 1.67. The minimum atomic E-state index is 0. The molecule has 0 aromatic heterocycles. The van der Waals surface area contributed by atoms with Crippen LogP contribution < -0.4 is 10.1 Å². The molecule has 0 aliphatic carbocycles. The second kappa shape index (κ2) is 13.3. The van der Waals surface area contributed by atoms with Gasteiger partial charge in [-0.25, -0.2) is 4.99 Å². The van der Waals surface area contributed by atoms with Crippen molar-refractivity contribution in [1.29, 1.82) is 0 Å². The zero-order chi connectivity index (χ0) is 19.6. The number of morpholine rings is 1. The van der Waals surface area contributed by atoms with E-state index in [-0.39, 0.29) is 36.2 Å². The Balaban J connectivity index is 0.00000300. The van der Waals surface area contributed by atoms with Crippen molar-refractivity contribution in [2.45, 2.75) is 38.5 Å². The van der Waals surface area contributed by atoms with Crippen molar-refractivity contribution in [3.8, 4) is 5.75 Å². The minimum Gasteiger partial charge on any atom is -0.491 e. The second-order valence-corrected chi connectivity index (χ2v) is 7.06. The molecule has 0 spiro atoms. The molecule has 2 fully saturated rings. The topological polar surface area (TPSA) is 64.6 Å². The maximum Gasteiger partial charge on any atom is 0.194 e. The molecular formula is C21H34IN3O4. The highest BCUT2D eigenvalue weighted by Crippen LogP contribution is 2.21. The van der Waals surface area contributed by atoms with Crippen molar-refractivity contribution in [2.75, 3.05) is 53.2 Å². The van der Waals surface area contributed by atoms with E-state index in [1.54, 1.807) is 7.11 Å². The average molecular weight is 519 g/mol. The smallest absolute Gasteiger partial charge is 0.194 e. The lowest BCUT2D eigenvalue weighted by Gasteiger charge is -2.37. The first kappa shape index (κ1) is 24.2. The first-order valence-corrected chi connectivity index (χ1v) is 10.3. The lowest BCUT2D eigenvalue weighted by molar-refractivity contribution is -0.0817. The summed E-state index contributed by atoms with van der Waals surface area (Å²) in [5, 5.41) is 3.42. The average Bonchev–Trinajstić information content (AvgIpc) is 3.27. The van der Waals surface area contributed by atoms with Gasteiger partial charge in [0.25, 0.3) is 0 Å². The Morgan fingerprint density at radius 1 is 1.17 bits per heavy atom. The lowest BCUT2D eigenvalue weighted by Crippen LogP contribution is -2.53. The number of hydrogen-bond donors (Lipinski definition) is 1. The number of benzene rings is 1. The summed E-state index contributed by atoms with van der Waals surface area (Å²) >= 11 is 0. The number of rotatable bonds is 8. The maximum absolute atomic E-state index is 5.96. The van der Waals surface area contributed by atoms with Crippen molar-refractivity contribution in [3.05, 3.63) is 29.8 Å². The van der Waals surface area contributed by atoms with Gasteiger partial charge in [0.1, 0.15) is 18.5 Å². The van der Waals surface area contributed by atoms with Crippen LogP contribution in [0.5, 0.6) is 5.75 Å². The molecular weight excluding hydrogens is 485 g/mol. The van der Waals surface area contributed by atoms with Gasteiger partial charge in [-0.1, -0.05) is 12.1 Å². The molecule has 7 nitrogen and oxygen atoms in total. The number of hydrogen-bond acceptors (Lipinski definition) is 5. The monoisotopic (exact) mass is 519 g/mol. The van der Waals surface area contributed by atoms with Gasteiger partial charge in [0.15, 0.2) is 5.96 Å². The third kappa shape index (κ3) is 7.58. The number of ether oxygens (including phenoxy) is 4. The van der Waals surface area contributed by atoms with E-state index < -0.39 is 0 Å². The van der Waals surface area contributed by atoms with E-state index in [4.69, 9.17) is 23.9 Å². The molecule has 0 amide bonds. The molecule has 1 N–H and O–H groups in total. The van der Waals surface area contributed by atoms with Crippen LogP contribution in [0.1, 0.15) is 25.3 Å². The molecule has 2 atom stereocenters. The van der Waals surface area contributed by atoms with Gasteiger partial charge in [0.2, 0.25) is 0 Å². The summed E-state index contributed by atoms with van der Waals surface area (Å²) in [5.74, 6) is 1.79. The van der Waals surface area contributed by atoms with Gasteiger partial charge >= 0.3 is 0 Å². The number of methoxy groups -OCH3 is 1. The normalized spacial score (nSPS) is 22.3. The van der Waals surface area contributed by atoms with Crippen LogP contribution >= 0.6 is 24.0 Å². The Morgan fingerprint density at radius 2 is 1.97 bits per heavy atom. The van der Waals surface area contributed by atoms with Crippen LogP contribution in [0.25, 0.3) is 0 Å². The SMILES string of the molecule is CCNC(=NCc1ccc(OCCOC)cc1)N1CCOC(C2CCCO2)C1.I. The van der Waals surface area contributed by atoms with E-state index >= 15 is 0 Å². The molecule has 2 aliphatic rings. The molecule has 29 heavy (non-hydrogen) atoms. The first-order chi connectivity index (χ1) is 13.8. The summed E-state index contributed by atoms with van der Waals surface area (Å²) in [6, 6.07) is 8.08. The quantitative estimate of drug-likeness (QED) is 0.247. The fourth-order valence-corrected chi connectivity index (χ4v) is 3.51. The van der Waals surface area contributed by atoms with E-state index in [0.29, 0.717) is 26.4 Å². The fourth-order valence-electron chi connectivity index (χ4n) is 3.51. The van der Waals surface area contributed by atoms with E-state index in [1.807, 2.05) is 12.1 Å². The predicted octanol–water partition coefficient (Wildman–Crippen LogP) is 2.68. The molecule has 0 bridgehead atoms. The zero-order valence-corrected chi connectivity index (χ0v) is 19.8. The highest BCUT2D eigenvalue weighted by Gasteiger charge is 2.32. The summed E-state index contributed by atoms with van der Waals surface area (Å²) in [6.45, 7) is 7.94. The first-order valence-electron chi connectivity index (χ1n) is 10.3. The summed E-state index contributed by atoms with van der Waals surface area (Å²) in [5.41, 5.74) is 1.15. The van der Waals surface area contributed by atoms with Crippen molar-refractivity contribution < 1.29 is 18.9 Å². The fraction of sp³-hybridized carbons (Fsp3) is 0.667. The third-order valence-electron chi connectivity index (χ3n) is 5.00. The van der Waals surface area contributed by atoms with E-state index in [0.717, 1.165) is 56.4 Å². The predicted molar refractivity (Wildman–Crippen MR) is 124 cm³/mol. The van der Waals surface area contributed by atoms with E-state index in [1.165, 1.54) is 0 Å². The Hall–Kier alpha value is -1.10. The van der Waals surface area contributed by atoms with Crippen LogP contribution in [0.4, 0.5) is 0 Å². The number of aliphatic imine (C=N–C) groups is 1. The highest BCUT2D eigenvalue weighted by molar-refractivity contribution is 14.0. The Morgan fingerprint density at radius 3 is 2.66 bits per heavy atom. The van der Waals surface area contributed by atoms with Gasteiger partial charge in [0, 0.05) is 33.4 Å². The molecule has 2 heterocycles. The lowest BCUT2D eigenvalue weighted by atomic mass is 10.1. The summed E-state index contributed by atoms with van der Waals surface area (Å²) < 4.78 is 22.4. The Kier molecular flexibility index (Phi) is 11.0. The third-order valence-corrected chi connectivity index (χ3v) is 5.00. The van der Waals surface area contributed by atoms with Crippen molar-refractivity contribution in [1.82, 2.24) is 10.2 Å². The van der Waals surface area contributed by atoms with Gasteiger partial charge in [-0.2, -0.15) is 0 Å². The van der Waals surface area contributed by atoms with Crippen LogP contribution in [0.2, 0.25) is 0 Å². The van der Waals surface area contributed by atoms with E-state index in [9.17, 15) is 0 Å². The van der Waals surface area contributed by atoms with Gasteiger partial charge in [-0.05, 0) is 37.5 Å². The van der Waals surface area contributed by atoms with Gasteiger partial charge in [-0.3, -0.25) is 0 Å². The molecule has 0 radical (unpaired) electrons. The van der Waals surface area contributed by atoms with Crippen LogP contribution in [0.15, 0.2) is 29.3 Å². The number of nitrogens with one attached hydrogen (secondary N) is 1. The molecule has 3 rings (SSSR count).